The number of aromatic nitrogens is 1. The van der Waals surface area contributed by atoms with Crippen LogP contribution < -0.4 is 11.3 Å². The lowest BCUT2D eigenvalue weighted by Crippen LogP contribution is -2.16. The van der Waals surface area contributed by atoms with Crippen LogP contribution >= 0.6 is 0 Å². The first kappa shape index (κ1) is 11.3. The maximum absolute atomic E-state index is 12.5. The number of nitrogens with one attached hydrogen (secondary N) is 1. The van der Waals surface area contributed by atoms with Crippen LogP contribution in [0.3, 0.4) is 0 Å². The smallest absolute Gasteiger partial charge is 0.307 e. The molecule has 1 heterocycles. The van der Waals surface area contributed by atoms with Crippen molar-refractivity contribution in [3.63, 3.8) is 0 Å². The van der Waals surface area contributed by atoms with Gasteiger partial charge in [0.2, 0.25) is 0 Å². The van der Waals surface area contributed by atoms with Crippen LogP contribution in [0.1, 0.15) is 16.8 Å². The van der Waals surface area contributed by atoms with E-state index < -0.39 is 17.3 Å². The van der Waals surface area contributed by atoms with Gasteiger partial charge in [-0.2, -0.15) is 18.4 Å². The molecular formula is C8H7F3N4. The van der Waals surface area contributed by atoms with Crippen LogP contribution in [0.2, 0.25) is 0 Å². The predicted molar refractivity (Wildman–Crippen MR) is 46.5 cm³/mol. The Kier molecular flexibility index (Phi) is 2.81. The fraction of sp³-hybridized carbons (Fsp3) is 0.250. The van der Waals surface area contributed by atoms with Gasteiger partial charge in [-0.3, -0.25) is 0 Å². The summed E-state index contributed by atoms with van der Waals surface area (Å²) in [6.07, 6.45) is -4.59. The third-order valence-corrected chi connectivity index (χ3v) is 1.70. The Labute approximate surface area is 83.5 Å². The molecule has 1 rings (SSSR count). The molecule has 15 heavy (non-hydrogen) atoms. The van der Waals surface area contributed by atoms with Gasteiger partial charge in [0, 0.05) is 5.69 Å². The van der Waals surface area contributed by atoms with Gasteiger partial charge in [-0.25, -0.2) is 10.8 Å². The van der Waals surface area contributed by atoms with E-state index in [1.54, 1.807) is 0 Å². The Hall–Kier alpha value is -1.81. The summed E-state index contributed by atoms with van der Waals surface area (Å²) in [5.74, 6) is 4.70. The molecule has 0 atom stereocenters. The number of hydrazine groups is 1. The number of hydrogen-bond donors (Lipinski definition) is 2. The summed E-state index contributed by atoms with van der Waals surface area (Å²) in [6, 6.07) is 2.23. The molecule has 7 heteroatoms. The molecule has 1 aromatic heterocycles. The number of anilines is 1. The summed E-state index contributed by atoms with van der Waals surface area (Å²) in [4.78, 5) is 3.68. The van der Waals surface area contributed by atoms with E-state index in [1.165, 1.54) is 13.0 Å². The Balaban J connectivity index is 3.51. The van der Waals surface area contributed by atoms with Crippen molar-refractivity contribution in [1.82, 2.24) is 4.98 Å². The number of nitrogens with two attached hydrogens (primary N) is 1. The summed E-state index contributed by atoms with van der Waals surface area (Å²) in [5, 5.41) is 8.60. The van der Waals surface area contributed by atoms with Gasteiger partial charge in [0.05, 0.1) is 5.56 Å². The normalized spacial score (nSPS) is 10.9. The third kappa shape index (κ3) is 2.16. The summed E-state index contributed by atoms with van der Waals surface area (Å²) in [7, 11) is 0. The first-order valence-corrected chi connectivity index (χ1v) is 3.85. The second-order valence-electron chi connectivity index (χ2n) is 2.79. The highest BCUT2D eigenvalue weighted by Crippen LogP contribution is 2.34. The largest absolute Gasteiger partial charge is 0.417 e. The van der Waals surface area contributed by atoms with Crippen LogP contribution in [0, 0.1) is 18.3 Å². The van der Waals surface area contributed by atoms with Crippen molar-refractivity contribution >= 4 is 5.82 Å². The fourth-order valence-electron chi connectivity index (χ4n) is 1.11. The third-order valence-electron chi connectivity index (χ3n) is 1.70. The van der Waals surface area contributed by atoms with Crippen molar-refractivity contribution < 1.29 is 13.2 Å². The number of nitriles is 1. The van der Waals surface area contributed by atoms with E-state index in [9.17, 15) is 13.2 Å². The number of pyridine rings is 1. The highest BCUT2D eigenvalue weighted by Gasteiger charge is 2.35. The molecule has 0 saturated heterocycles. The van der Waals surface area contributed by atoms with Crippen molar-refractivity contribution in [1.29, 1.82) is 5.26 Å². The van der Waals surface area contributed by atoms with E-state index in [0.29, 0.717) is 0 Å². The van der Waals surface area contributed by atoms with E-state index in [0.717, 1.165) is 6.07 Å². The Morgan fingerprint density at radius 1 is 1.53 bits per heavy atom. The number of halogens is 3. The number of alkyl halides is 3. The Morgan fingerprint density at radius 2 is 2.13 bits per heavy atom. The number of nitrogens with zero attached hydrogens (tertiary/aromatic N) is 2. The number of hydrogen-bond acceptors (Lipinski definition) is 4. The van der Waals surface area contributed by atoms with Gasteiger partial charge in [0.15, 0.2) is 5.82 Å². The lowest BCUT2D eigenvalue weighted by Gasteiger charge is -2.12. The zero-order valence-electron chi connectivity index (χ0n) is 7.68. The molecule has 0 aliphatic rings. The van der Waals surface area contributed by atoms with Crippen molar-refractivity contribution in [2.45, 2.75) is 13.1 Å². The number of aryl methyl sites for hydroxylation is 1. The highest BCUT2D eigenvalue weighted by atomic mass is 19.4. The maximum Gasteiger partial charge on any atom is 0.417 e. The summed E-state index contributed by atoms with van der Waals surface area (Å²) >= 11 is 0. The molecule has 1 aromatic rings. The quantitative estimate of drug-likeness (QED) is 0.551. The molecule has 0 spiro atoms. The lowest BCUT2D eigenvalue weighted by atomic mass is 10.1. The summed E-state index contributed by atoms with van der Waals surface area (Å²) in [5.41, 5.74) is 0.462. The van der Waals surface area contributed by atoms with Crippen LogP contribution in [0.4, 0.5) is 19.0 Å². The highest BCUT2D eigenvalue weighted by molar-refractivity contribution is 5.57. The maximum atomic E-state index is 12.5. The van der Waals surface area contributed by atoms with Gasteiger partial charge >= 0.3 is 6.18 Å². The molecule has 0 saturated carbocycles. The summed E-state index contributed by atoms with van der Waals surface area (Å²) in [6.45, 7) is 1.39. The van der Waals surface area contributed by atoms with Gasteiger partial charge in [-0.05, 0) is 13.0 Å². The van der Waals surface area contributed by atoms with Gasteiger partial charge in [0.1, 0.15) is 11.6 Å². The first-order chi connectivity index (χ1) is 6.90. The number of nitrogen functional groups attached to an aromatic ring is 1. The van der Waals surface area contributed by atoms with Crippen molar-refractivity contribution in [3.05, 3.63) is 22.9 Å². The molecule has 4 nitrogen and oxygen atoms in total. The molecular weight excluding hydrogens is 209 g/mol. The van der Waals surface area contributed by atoms with Crippen LogP contribution in [-0.2, 0) is 6.18 Å². The second kappa shape index (κ2) is 3.74. The zero-order valence-corrected chi connectivity index (χ0v) is 7.68. The lowest BCUT2D eigenvalue weighted by molar-refractivity contribution is -0.137. The average molecular weight is 216 g/mol. The fourth-order valence-corrected chi connectivity index (χ4v) is 1.11. The molecule has 0 bridgehead atoms. The van der Waals surface area contributed by atoms with Crippen molar-refractivity contribution in [2.75, 3.05) is 5.43 Å². The van der Waals surface area contributed by atoms with Crippen LogP contribution in [0.5, 0.6) is 0 Å². The van der Waals surface area contributed by atoms with Crippen molar-refractivity contribution in [3.8, 4) is 6.07 Å². The molecule has 0 unspecified atom stereocenters. The Morgan fingerprint density at radius 3 is 2.53 bits per heavy atom. The summed E-state index contributed by atoms with van der Waals surface area (Å²) < 4.78 is 37.5. The van der Waals surface area contributed by atoms with Gasteiger partial charge in [-0.15, -0.1) is 0 Å². The minimum Gasteiger partial charge on any atom is -0.307 e. The van der Waals surface area contributed by atoms with Crippen LogP contribution in [0.15, 0.2) is 6.07 Å². The molecule has 3 N–H and O–H groups in total. The SMILES string of the molecule is Cc1cc(C(F)(F)F)c(C#N)c(NN)n1. The molecule has 0 fully saturated rings. The first-order valence-electron chi connectivity index (χ1n) is 3.85. The predicted octanol–water partition coefficient (Wildman–Crippen LogP) is 1.57. The van der Waals surface area contributed by atoms with E-state index >= 15 is 0 Å². The number of rotatable bonds is 1. The van der Waals surface area contributed by atoms with Gasteiger partial charge < -0.3 is 5.43 Å². The molecule has 0 aliphatic carbocycles. The van der Waals surface area contributed by atoms with E-state index in [1.807, 2.05) is 5.43 Å². The van der Waals surface area contributed by atoms with Crippen LogP contribution in [0.25, 0.3) is 0 Å². The zero-order chi connectivity index (χ0) is 11.6. The standard InChI is InChI=1S/C8H7F3N4/c1-4-2-6(8(9,10)11)5(3-12)7(14-4)15-13/h2H,13H2,1H3,(H,14,15). The van der Waals surface area contributed by atoms with E-state index in [-0.39, 0.29) is 11.5 Å². The molecule has 0 aromatic carbocycles. The van der Waals surface area contributed by atoms with E-state index in [4.69, 9.17) is 11.1 Å². The minimum absolute atomic E-state index is 0.134. The van der Waals surface area contributed by atoms with Crippen molar-refractivity contribution in [2.24, 2.45) is 5.84 Å². The monoisotopic (exact) mass is 216 g/mol. The second-order valence-corrected chi connectivity index (χ2v) is 2.79. The minimum atomic E-state index is -4.59. The average Bonchev–Trinajstić information content (AvgIpc) is 2.15. The molecule has 80 valence electrons. The molecule has 0 aliphatic heterocycles. The Bertz CT molecular complexity index is 419. The molecule has 0 radical (unpaired) electrons. The topological polar surface area (TPSA) is 74.7 Å². The van der Waals surface area contributed by atoms with E-state index in [2.05, 4.69) is 4.98 Å². The molecule has 0 amide bonds. The van der Waals surface area contributed by atoms with Gasteiger partial charge in [-0.1, -0.05) is 0 Å². The van der Waals surface area contributed by atoms with Gasteiger partial charge in [0.25, 0.3) is 0 Å². The van der Waals surface area contributed by atoms with Crippen LogP contribution in [-0.4, -0.2) is 4.98 Å².